The minimum absolute atomic E-state index is 0.0725. The fraction of sp³-hybridized carbons (Fsp3) is 0.143. The number of pyridine rings is 1. The molecule has 6 nitrogen and oxygen atoms in total. The van der Waals surface area contributed by atoms with E-state index in [1.165, 1.54) is 18.5 Å². The number of rotatable bonds is 3. The van der Waals surface area contributed by atoms with Crippen LogP contribution in [-0.2, 0) is 21.1 Å². The highest BCUT2D eigenvalue weighted by Crippen LogP contribution is 2.12. The maximum Gasteiger partial charge on any atom is 0.442 e. The van der Waals surface area contributed by atoms with Crippen molar-refractivity contribution in [2.75, 3.05) is 12.0 Å². The van der Waals surface area contributed by atoms with Crippen LogP contribution in [0.4, 0.5) is 10.5 Å². The molecule has 1 heterocycles. The number of nitrogens with two attached hydrogens (primary N) is 1. The van der Waals surface area contributed by atoms with E-state index in [0.717, 1.165) is 5.56 Å². The van der Waals surface area contributed by atoms with Gasteiger partial charge in [-0.05, 0) is 17.7 Å². The molecule has 2 aromatic rings. The zero-order valence-corrected chi connectivity index (χ0v) is 12.2. The van der Waals surface area contributed by atoms with Crippen LogP contribution >= 0.6 is 0 Å². The molecule has 0 bridgehead atoms. The molecule has 0 radical (unpaired) electrons. The summed E-state index contributed by atoms with van der Waals surface area (Å²) in [6.07, 6.45) is 1.84. The third-order valence-electron chi connectivity index (χ3n) is 2.60. The molecule has 2 rings (SSSR count). The van der Waals surface area contributed by atoms with E-state index < -0.39 is 15.8 Å². The molecule has 0 aliphatic carbocycles. The molecule has 21 heavy (non-hydrogen) atoms. The SMILES string of the molecule is C[S@](=O)(=NC(=O)OCc1ccccc1)c1cc(N)ccn1. The lowest BCUT2D eigenvalue weighted by Crippen LogP contribution is -2.07. The maximum atomic E-state index is 12.4. The smallest absolute Gasteiger partial charge is 0.442 e. The Balaban J connectivity index is 2.11. The van der Waals surface area contributed by atoms with Gasteiger partial charge in [0.15, 0.2) is 0 Å². The lowest BCUT2D eigenvalue weighted by atomic mass is 10.2. The predicted octanol–water partition coefficient (Wildman–Crippen LogP) is 2.46. The van der Waals surface area contributed by atoms with Crippen LogP contribution in [-0.4, -0.2) is 21.5 Å². The van der Waals surface area contributed by atoms with Crippen LogP contribution in [0.25, 0.3) is 0 Å². The van der Waals surface area contributed by atoms with Crippen LogP contribution in [0.1, 0.15) is 5.56 Å². The van der Waals surface area contributed by atoms with E-state index >= 15 is 0 Å². The van der Waals surface area contributed by atoms with E-state index in [1.54, 1.807) is 6.07 Å². The van der Waals surface area contributed by atoms with Crippen LogP contribution in [0.3, 0.4) is 0 Å². The van der Waals surface area contributed by atoms with Gasteiger partial charge in [0.1, 0.15) is 21.4 Å². The van der Waals surface area contributed by atoms with Crippen molar-refractivity contribution in [3.63, 3.8) is 0 Å². The summed E-state index contributed by atoms with van der Waals surface area (Å²) in [7, 11) is -2.98. The summed E-state index contributed by atoms with van der Waals surface area (Å²) in [5, 5.41) is 0.152. The Morgan fingerprint density at radius 2 is 2.05 bits per heavy atom. The van der Waals surface area contributed by atoms with Gasteiger partial charge in [0, 0.05) is 18.1 Å². The number of hydrogen-bond donors (Lipinski definition) is 1. The number of nitrogens with zero attached hydrogens (tertiary/aromatic N) is 2. The minimum atomic E-state index is -2.98. The van der Waals surface area contributed by atoms with E-state index in [0.29, 0.717) is 5.69 Å². The van der Waals surface area contributed by atoms with E-state index in [9.17, 15) is 9.00 Å². The van der Waals surface area contributed by atoms with Gasteiger partial charge >= 0.3 is 6.09 Å². The number of carbonyl (C=O) groups is 1. The van der Waals surface area contributed by atoms with Crippen LogP contribution in [0, 0.1) is 0 Å². The predicted molar refractivity (Wildman–Crippen MR) is 80.0 cm³/mol. The van der Waals surface area contributed by atoms with Crippen LogP contribution < -0.4 is 5.73 Å². The quantitative estimate of drug-likeness (QED) is 0.939. The van der Waals surface area contributed by atoms with Gasteiger partial charge < -0.3 is 10.5 Å². The van der Waals surface area contributed by atoms with Crippen molar-refractivity contribution >= 4 is 21.5 Å². The molecule has 0 saturated carbocycles. The Morgan fingerprint density at radius 1 is 1.33 bits per heavy atom. The summed E-state index contributed by atoms with van der Waals surface area (Å²) in [5.41, 5.74) is 6.83. The number of carbonyl (C=O) groups excluding carboxylic acids is 1. The van der Waals surface area contributed by atoms with Gasteiger partial charge in [0.05, 0.1) is 0 Å². The highest BCUT2D eigenvalue weighted by Gasteiger charge is 2.12. The Hall–Kier alpha value is -2.41. The topological polar surface area (TPSA) is 94.6 Å². The van der Waals surface area contributed by atoms with E-state index in [2.05, 4.69) is 9.35 Å². The largest absolute Gasteiger partial charge is 0.443 e. The second-order valence-corrected chi connectivity index (χ2v) is 6.57. The summed E-state index contributed by atoms with van der Waals surface area (Å²) in [4.78, 5) is 15.6. The normalized spacial score (nSPS) is 13.2. The molecule has 2 N–H and O–H groups in total. The monoisotopic (exact) mass is 305 g/mol. The van der Waals surface area contributed by atoms with E-state index in [1.807, 2.05) is 30.3 Å². The van der Waals surface area contributed by atoms with Gasteiger partial charge in [-0.15, -0.1) is 4.36 Å². The molecule has 0 aliphatic rings. The Morgan fingerprint density at radius 3 is 2.71 bits per heavy atom. The molecule has 0 fully saturated rings. The molecule has 0 spiro atoms. The van der Waals surface area contributed by atoms with E-state index in [4.69, 9.17) is 10.5 Å². The van der Waals surface area contributed by atoms with Gasteiger partial charge in [-0.1, -0.05) is 30.3 Å². The maximum absolute atomic E-state index is 12.4. The van der Waals surface area contributed by atoms with Crippen LogP contribution in [0.2, 0.25) is 0 Å². The average Bonchev–Trinajstić information content (AvgIpc) is 2.46. The van der Waals surface area contributed by atoms with Gasteiger partial charge in [0.2, 0.25) is 0 Å². The number of amides is 1. The number of aromatic nitrogens is 1. The Kier molecular flexibility index (Phi) is 4.54. The fourth-order valence-corrected chi connectivity index (χ4v) is 2.61. The first kappa shape index (κ1) is 15.0. The van der Waals surface area contributed by atoms with Crippen LogP contribution in [0.15, 0.2) is 58.1 Å². The number of hydrogen-bond acceptors (Lipinski definition) is 5. The summed E-state index contributed by atoms with van der Waals surface area (Å²) >= 11 is 0. The summed E-state index contributed by atoms with van der Waals surface area (Å²) < 4.78 is 20.9. The standard InChI is InChI=1S/C14H15N3O3S/c1-21(19,13-9-12(15)7-8-16-13)17-14(18)20-10-11-5-3-2-4-6-11/h2-9H,10H2,1H3,(H2,15,16)/t21-/m1/s1. The lowest BCUT2D eigenvalue weighted by molar-refractivity contribution is 0.151. The highest BCUT2D eigenvalue weighted by atomic mass is 32.2. The first-order chi connectivity index (χ1) is 9.97. The van der Waals surface area contributed by atoms with Crippen molar-refractivity contribution in [3.05, 3.63) is 54.2 Å². The number of benzene rings is 1. The Labute approximate surface area is 123 Å². The zero-order valence-electron chi connectivity index (χ0n) is 11.4. The third-order valence-corrected chi connectivity index (χ3v) is 4.10. The molecule has 0 unspecified atom stereocenters. The second kappa shape index (κ2) is 6.36. The van der Waals surface area contributed by atoms with Crippen molar-refractivity contribution in [1.82, 2.24) is 4.98 Å². The fourth-order valence-electron chi connectivity index (χ4n) is 1.57. The molecule has 110 valence electrons. The molecular weight excluding hydrogens is 290 g/mol. The molecular formula is C14H15N3O3S. The molecule has 0 saturated heterocycles. The molecule has 0 aliphatic heterocycles. The van der Waals surface area contributed by atoms with Gasteiger partial charge in [-0.25, -0.2) is 14.0 Å². The van der Waals surface area contributed by atoms with Gasteiger partial charge in [-0.3, -0.25) is 0 Å². The van der Waals surface area contributed by atoms with Crippen molar-refractivity contribution in [2.24, 2.45) is 4.36 Å². The summed E-state index contributed by atoms with van der Waals surface area (Å²) in [6.45, 7) is 0.0725. The molecule has 1 atom stereocenters. The molecule has 1 amide bonds. The average molecular weight is 305 g/mol. The summed E-state index contributed by atoms with van der Waals surface area (Å²) in [5.74, 6) is 0. The van der Waals surface area contributed by atoms with Crippen LogP contribution in [0.5, 0.6) is 0 Å². The minimum Gasteiger partial charge on any atom is -0.443 e. The first-order valence-corrected chi connectivity index (χ1v) is 8.04. The molecule has 1 aromatic carbocycles. The second-order valence-electron chi connectivity index (χ2n) is 4.36. The number of nitrogen functional groups attached to an aromatic ring is 1. The van der Waals surface area contributed by atoms with E-state index in [-0.39, 0.29) is 11.6 Å². The van der Waals surface area contributed by atoms with Gasteiger partial charge in [0.25, 0.3) is 0 Å². The third kappa shape index (κ3) is 4.28. The van der Waals surface area contributed by atoms with Crippen molar-refractivity contribution < 1.29 is 13.7 Å². The lowest BCUT2D eigenvalue weighted by Gasteiger charge is -2.05. The van der Waals surface area contributed by atoms with Crippen molar-refractivity contribution in [3.8, 4) is 0 Å². The molecule has 7 heteroatoms. The summed E-state index contributed by atoms with van der Waals surface area (Å²) in [6, 6.07) is 12.1. The van der Waals surface area contributed by atoms with Crippen molar-refractivity contribution in [2.45, 2.75) is 11.6 Å². The van der Waals surface area contributed by atoms with Gasteiger partial charge in [-0.2, -0.15) is 0 Å². The highest BCUT2D eigenvalue weighted by molar-refractivity contribution is 7.93. The number of anilines is 1. The first-order valence-electron chi connectivity index (χ1n) is 6.12. The number of ether oxygens (including phenoxy) is 1. The zero-order chi connectivity index (χ0) is 15.3. The molecule has 1 aromatic heterocycles. The van der Waals surface area contributed by atoms with Crippen molar-refractivity contribution in [1.29, 1.82) is 0 Å². The Bertz CT molecular complexity index is 753.